The predicted octanol–water partition coefficient (Wildman–Crippen LogP) is 5.35. The average molecular weight is 474 g/mol. The first-order valence-corrected chi connectivity index (χ1v) is 10.6. The van der Waals surface area contributed by atoms with Crippen LogP contribution in [0, 0.1) is 0 Å². The third-order valence-electron chi connectivity index (χ3n) is 4.28. The van der Waals surface area contributed by atoms with E-state index in [-0.39, 0.29) is 10.9 Å². The zero-order valence-corrected chi connectivity index (χ0v) is 18.8. The third kappa shape index (κ3) is 4.63. The van der Waals surface area contributed by atoms with Crippen LogP contribution in [0.15, 0.2) is 52.9 Å². The highest BCUT2D eigenvalue weighted by molar-refractivity contribution is 7.80. The molecule has 2 N–H and O–H groups in total. The second-order valence-electron chi connectivity index (χ2n) is 6.28. The Balaban J connectivity index is 1.46. The lowest BCUT2D eigenvalue weighted by Gasteiger charge is -2.05. The van der Waals surface area contributed by atoms with Crippen molar-refractivity contribution in [1.29, 1.82) is 0 Å². The number of methoxy groups -OCH3 is 2. The first-order valence-electron chi connectivity index (χ1n) is 8.97. The molecule has 0 unspecified atom stereocenters. The summed E-state index contributed by atoms with van der Waals surface area (Å²) in [6.07, 6.45) is 0. The van der Waals surface area contributed by atoms with Gasteiger partial charge in [-0.15, -0.1) is 0 Å². The number of thiazole rings is 1. The van der Waals surface area contributed by atoms with Crippen molar-refractivity contribution in [3.63, 3.8) is 0 Å². The van der Waals surface area contributed by atoms with Crippen LogP contribution in [0.4, 0.5) is 5.13 Å². The second-order valence-corrected chi connectivity index (χ2v) is 8.15. The summed E-state index contributed by atoms with van der Waals surface area (Å²) in [4.78, 5) is 17.0. The summed E-state index contributed by atoms with van der Waals surface area (Å²) < 4.78 is 17.1. The summed E-state index contributed by atoms with van der Waals surface area (Å²) in [6, 6.07) is 14.0. The van der Waals surface area contributed by atoms with Crippen molar-refractivity contribution >= 4 is 61.5 Å². The lowest BCUT2D eigenvalue weighted by Crippen LogP contribution is -2.33. The molecular formula is C21H16ClN3O4S2. The minimum Gasteiger partial charge on any atom is -0.497 e. The minimum atomic E-state index is -0.480. The van der Waals surface area contributed by atoms with Crippen molar-refractivity contribution in [2.24, 2.45) is 0 Å². The number of carbonyl (C=O) groups is 1. The zero-order chi connectivity index (χ0) is 22.0. The van der Waals surface area contributed by atoms with E-state index in [1.807, 2.05) is 18.2 Å². The molecule has 1 amide bonds. The van der Waals surface area contributed by atoms with E-state index in [1.165, 1.54) is 11.3 Å². The Hall–Kier alpha value is -3.14. The van der Waals surface area contributed by atoms with Crippen LogP contribution in [-0.4, -0.2) is 30.2 Å². The lowest BCUT2D eigenvalue weighted by molar-refractivity contribution is 0.0951. The van der Waals surface area contributed by atoms with E-state index >= 15 is 0 Å². The number of rotatable bonds is 5. The molecule has 7 nitrogen and oxygen atoms in total. The molecule has 0 aliphatic heterocycles. The molecule has 0 aliphatic rings. The second kappa shape index (κ2) is 8.93. The molecule has 0 aliphatic carbocycles. The molecule has 0 radical (unpaired) electrons. The van der Waals surface area contributed by atoms with E-state index < -0.39 is 5.91 Å². The Labute approximate surface area is 191 Å². The molecular weight excluding hydrogens is 458 g/mol. The van der Waals surface area contributed by atoms with Crippen molar-refractivity contribution in [2.45, 2.75) is 0 Å². The summed E-state index contributed by atoms with van der Waals surface area (Å²) in [7, 11) is 3.14. The first-order chi connectivity index (χ1) is 15.0. The number of carbonyl (C=O) groups excluding carboxylic acids is 1. The van der Waals surface area contributed by atoms with Crippen molar-refractivity contribution in [3.8, 4) is 22.8 Å². The molecule has 0 spiro atoms. The number of furan rings is 1. The molecule has 2 heterocycles. The van der Waals surface area contributed by atoms with E-state index in [0.29, 0.717) is 32.9 Å². The van der Waals surface area contributed by atoms with Crippen LogP contribution in [0.2, 0.25) is 5.02 Å². The molecule has 31 heavy (non-hydrogen) atoms. The number of hydrogen-bond donors (Lipinski definition) is 2. The van der Waals surface area contributed by atoms with Crippen LogP contribution in [-0.2, 0) is 0 Å². The van der Waals surface area contributed by atoms with E-state index in [2.05, 4.69) is 15.6 Å². The molecule has 4 aromatic rings. The number of nitrogens with one attached hydrogen (secondary N) is 2. The van der Waals surface area contributed by atoms with Crippen molar-refractivity contribution in [1.82, 2.24) is 10.3 Å². The van der Waals surface area contributed by atoms with Gasteiger partial charge in [-0.3, -0.25) is 10.1 Å². The highest BCUT2D eigenvalue weighted by atomic mass is 35.5. The lowest BCUT2D eigenvalue weighted by atomic mass is 10.2. The first kappa shape index (κ1) is 21.1. The van der Waals surface area contributed by atoms with Crippen LogP contribution >= 0.6 is 35.2 Å². The number of aromatic nitrogens is 1. The normalized spacial score (nSPS) is 10.7. The van der Waals surface area contributed by atoms with Crippen LogP contribution in [0.25, 0.3) is 21.5 Å². The number of amides is 1. The number of fused-ring (bicyclic) bond motifs is 1. The molecule has 2 aromatic carbocycles. The van der Waals surface area contributed by atoms with E-state index in [9.17, 15) is 4.79 Å². The monoisotopic (exact) mass is 473 g/mol. The smallest absolute Gasteiger partial charge is 0.293 e. The Bertz CT molecular complexity index is 1280. The maximum Gasteiger partial charge on any atom is 0.293 e. The van der Waals surface area contributed by atoms with Crippen molar-refractivity contribution in [3.05, 3.63) is 59.3 Å². The van der Waals surface area contributed by atoms with Gasteiger partial charge >= 0.3 is 0 Å². The molecule has 2 aromatic heterocycles. The van der Waals surface area contributed by atoms with Gasteiger partial charge in [0, 0.05) is 16.7 Å². The van der Waals surface area contributed by atoms with Crippen LogP contribution in [0.1, 0.15) is 10.6 Å². The fraction of sp³-hybridized carbons (Fsp3) is 0.0952. The van der Waals surface area contributed by atoms with Gasteiger partial charge in [0.2, 0.25) is 0 Å². The molecule has 0 saturated carbocycles. The van der Waals surface area contributed by atoms with Crippen molar-refractivity contribution in [2.75, 3.05) is 19.5 Å². The highest BCUT2D eigenvalue weighted by Gasteiger charge is 2.16. The van der Waals surface area contributed by atoms with Gasteiger partial charge < -0.3 is 19.2 Å². The number of ether oxygens (including phenoxy) is 2. The standard InChI is InChI=1S/C21H16ClN3O4S2/c1-27-13-9-16(28-2)18-17(10-13)31-21(23-18)25-20(30)24-19(26)15-7-6-14(29-15)11-4-3-5-12(22)8-11/h3-10H,1-2H3,(H2,23,24,25,26,30). The quantitative estimate of drug-likeness (QED) is 0.378. The highest BCUT2D eigenvalue weighted by Crippen LogP contribution is 2.36. The number of anilines is 1. The van der Waals surface area contributed by atoms with Crippen LogP contribution in [0.5, 0.6) is 11.5 Å². The fourth-order valence-electron chi connectivity index (χ4n) is 2.85. The third-order valence-corrected chi connectivity index (χ3v) is 5.63. The minimum absolute atomic E-state index is 0.0932. The number of thiocarbonyl (C=S) groups is 1. The summed E-state index contributed by atoms with van der Waals surface area (Å²) in [6.45, 7) is 0. The molecule has 10 heteroatoms. The number of benzene rings is 2. The van der Waals surface area contributed by atoms with Gasteiger partial charge in [-0.05, 0) is 42.5 Å². The fourth-order valence-corrected chi connectivity index (χ4v) is 4.21. The summed E-state index contributed by atoms with van der Waals surface area (Å²) in [5.74, 6) is 1.40. The van der Waals surface area contributed by atoms with Gasteiger partial charge in [-0.2, -0.15) is 0 Å². The molecule has 0 saturated heterocycles. The van der Waals surface area contributed by atoms with Crippen molar-refractivity contribution < 1.29 is 18.7 Å². The summed E-state index contributed by atoms with van der Waals surface area (Å²) >= 11 is 12.6. The van der Waals surface area contributed by atoms with Crippen LogP contribution < -0.4 is 20.1 Å². The molecule has 0 atom stereocenters. The number of hydrogen-bond acceptors (Lipinski definition) is 7. The van der Waals surface area contributed by atoms with Gasteiger partial charge in [0.25, 0.3) is 5.91 Å². The van der Waals surface area contributed by atoms with E-state index in [4.69, 9.17) is 37.7 Å². The maximum atomic E-state index is 12.5. The molecule has 158 valence electrons. The summed E-state index contributed by atoms with van der Waals surface area (Å²) in [5.41, 5.74) is 1.44. The zero-order valence-electron chi connectivity index (χ0n) is 16.4. The van der Waals surface area contributed by atoms with E-state index in [0.717, 1.165) is 10.3 Å². The van der Waals surface area contributed by atoms with Gasteiger partial charge in [-0.1, -0.05) is 35.1 Å². The number of nitrogens with zero attached hydrogens (tertiary/aromatic N) is 1. The van der Waals surface area contributed by atoms with Gasteiger partial charge in [0.1, 0.15) is 22.8 Å². The Morgan fingerprint density at radius 3 is 2.74 bits per heavy atom. The average Bonchev–Trinajstić information content (AvgIpc) is 3.39. The molecule has 0 bridgehead atoms. The summed E-state index contributed by atoms with van der Waals surface area (Å²) in [5, 5.41) is 6.68. The van der Waals surface area contributed by atoms with Gasteiger partial charge in [0.15, 0.2) is 16.0 Å². The predicted molar refractivity (Wildman–Crippen MR) is 126 cm³/mol. The largest absolute Gasteiger partial charge is 0.497 e. The Morgan fingerprint density at radius 1 is 1.16 bits per heavy atom. The van der Waals surface area contributed by atoms with E-state index in [1.54, 1.807) is 44.6 Å². The van der Waals surface area contributed by atoms with Gasteiger partial charge in [0.05, 0.1) is 18.9 Å². The van der Waals surface area contributed by atoms with Gasteiger partial charge in [-0.25, -0.2) is 4.98 Å². The SMILES string of the molecule is COc1cc(OC)c2nc(NC(=S)NC(=O)c3ccc(-c4cccc(Cl)c4)o3)sc2c1. The van der Waals surface area contributed by atoms with Crippen LogP contribution in [0.3, 0.4) is 0 Å². The number of halogens is 1. The topological polar surface area (TPSA) is 85.6 Å². The Kier molecular flexibility index (Phi) is 6.08. The molecule has 4 rings (SSSR count). The Morgan fingerprint density at radius 2 is 2.00 bits per heavy atom. The maximum absolute atomic E-state index is 12.5. The molecule has 0 fully saturated rings.